The third-order valence-electron chi connectivity index (χ3n) is 5.95. The van der Waals surface area contributed by atoms with Gasteiger partial charge >= 0.3 is 5.97 Å². The fraction of sp³-hybridized carbons (Fsp3) is 0.269. The molecule has 0 N–H and O–H groups in total. The van der Waals surface area contributed by atoms with Crippen molar-refractivity contribution in [3.05, 3.63) is 89.0 Å². The van der Waals surface area contributed by atoms with Crippen LogP contribution in [0.15, 0.2) is 66.7 Å². The van der Waals surface area contributed by atoms with E-state index in [2.05, 4.69) is 18.7 Å². The summed E-state index contributed by atoms with van der Waals surface area (Å²) in [5.74, 6) is 1.17. The van der Waals surface area contributed by atoms with Crippen LogP contribution in [-0.4, -0.2) is 19.1 Å². The van der Waals surface area contributed by atoms with Crippen molar-refractivity contribution >= 4 is 11.7 Å². The molecule has 4 nitrogen and oxygen atoms in total. The fourth-order valence-electron chi connectivity index (χ4n) is 4.81. The van der Waals surface area contributed by atoms with Crippen molar-refractivity contribution in [2.24, 2.45) is 0 Å². The SMILES string of the molecule is CCCN(CCC)c1cccc2c1C(=O)OC21c2ccccc2Oc2ccccc21. The summed E-state index contributed by atoms with van der Waals surface area (Å²) in [5.41, 5.74) is 3.27. The molecule has 30 heavy (non-hydrogen) atoms. The normalized spacial score (nSPS) is 15.1. The lowest BCUT2D eigenvalue weighted by atomic mass is 9.77. The van der Waals surface area contributed by atoms with Crippen LogP contribution in [-0.2, 0) is 10.3 Å². The van der Waals surface area contributed by atoms with Crippen molar-refractivity contribution in [3.63, 3.8) is 0 Å². The summed E-state index contributed by atoms with van der Waals surface area (Å²) in [7, 11) is 0. The second kappa shape index (κ2) is 7.21. The van der Waals surface area contributed by atoms with Gasteiger partial charge in [0.1, 0.15) is 11.5 Å². The molecule has 0 aromatic heterocycles. The number of para-hydroxylation sites is 2. The molecule has 0 unspecified atom stereocenters. The van der Waals surface area contributed by atoms with Crippen LogP contribution in [0, 0.1) is 0 Å². The maximum atomic E-state index is 13.4. The highest BCUT2D eigenvalue weighted by Crippen LogP contribution is 2.56. The Morgan fingerprint density at radius 3 is 1.93 bits per heavy atom. The van der Waals surface area contributed by atoms with Crippen LogP contribution in [0.4, 0.5) is 5.69 Å². The van der Waals surface area contributed by atoms with Crippen LogP contribution in [0.2, 0.25) is 0 Å². The maximum absolute atomic E-state index is 13.4. The topological polar surface area (TPSA) is 38.8 Å². The van der Waals surface area contributed by atoms with Crippen molar-refractivity contribution < 1.29 is 14.3 Å². The van der Waals surface area contributed by atoms with Crippen molar-refractivity contribution in [2.45, 2.75) is 32.3 Å². The molecule has 0 aliphatic carbocycles. The number of nitrogens with zero attached hydrogens (tertiary/aromatic N) is 1. The van der Waals surface area contributed by atoms with Gasteiger partial charge in [0, 0.05) is 29.8 Å². The van der Waals surface area contributed by atoms with Gasteiger partial charge < -0.3 is 14.4 Å². The van der Waals surface area contributed by atoms with E-state index in [1.807, 2.05) is 66.7 Å². The molecule has 0 bridgehead atoms. The van der Waals surface area contributed by atoms with Crippen LogP contribution < -0.4 is 9.64 Å². The summed E-state index contributed by atoms with van der Waals surface area (Å²) in [6.45, 7) is 6.13. The van der Waals surface area contributed by atoms with E-state index in [4.69, 9.17) is 9.47 Å². The Bertz CT molecular complexity index is 1070. The molecule has 0 fully saturated rings. The lowest BCUT2D eigenvalue weighted by Crippen LogP contribution is -2.33. The molecule has 1 spiro atoms. The molecule has 2 heterocycles. The van der Waals surface area contributed by atoms with E-state index in [1.54, 1.807) is 0 Å². The van der Waals surface area contributed by atoms with E-state index in [0.717, 1.165) is 59.8 Å². The maximum Gasteiger partial charge on any atom is 0.342 e. The summed E-state index contributed by atoms with van der Waals surface area (Å²) in [5, 5.41) is 0. The second-order valence-electron chi connectivity index (χ2n) is 7.85. The standard InChI is InChI=1S/C26H25NO3/c1-3-16-27(17-4-2)21-13-9-12-20-24(21)25(28)30-26(20)18-10-5-7-14-22(18)29-23-15-8-6-11-19(23)26/h5-15H,3-4,16-17H2,1-2H3. The van der Waals surface area contributed by atoms with Crippen LogP contribution in [0.1, 0.15) is 53.7 Å². The average molecular weight is 399 g/mol. The smallest absolute Gasteiger partial charge is 0.342 e. The minimum Gasteiger partial charge on any atom is -0.456 e. The molecule has 0 saturated carbocycles. The number of carbonyl (C=O) groups excluding carboxylic acids is 1. The van der Waals surface area contributed by atoms with Crippen LogP contribution in [0.3, 0.4) is 0 Å². The van der Waals surface area contributed by atoms with Gasteiger partial charge in [-0.2, -0.15) is 0 Å². The number of fused-ring (bicyclic) bond motifs is 6. The van der Waals surface area contributed by atoms with E-state index in [-0.39, 0.29) is 5.97 Å². The number of esters is 1. The first-order chi connectivity index (χ1) is 14.7. The number of ether oxygens (including phenoxy) is 2. The van der Waals surface area contributed by atoms with Gasteiger partial charge in [0.05, 0.1) is 11.3 Å². The van der Waals surface area contributed by atoms with E-state index in [0.29, 0.717) is 5.56 Å². The number of hydrogen-bond donors (Lipinski definition) is 0. The third kappa shape index (κ3) is 2.56. The van der Waals surface area contributed by atoms with Crippen molar-refractivity contribution in [1.29, 1.82) is 0 Å². The molecule has 5 rings (SSSR count). The first-order valence-electron chi connectivity index (χ1n) is 10.7. The Morgan fingerprint density at radius 2 is 1.33 bits per heavy atom. The number of carbonyl (C=O) groups is 1. The molecule has 2 aliphatic rings. The molecule has 152 valence electrons. The average Bonchev–Trinajstić information content (AvgIpc) is 3.07. The van der Waals surface area contributed by atoms with Gasteiger partial charge in [0.15, 0.2) is 5.60 Å². The largest absolute Gasteiger partial charge is 0.456 e. The number of rotatable bonds is 5. The Balaban J connectivity index is 1.79. The van der Waals surface area contributed by atoms with Gasteiger partial charge in [-0.25, -0.2) is 4.79 Å². The number of hydrogen-bond acceptors (Lipinski definition) is 4. The van der Waals surface area contributed by atoms with Crippen LogP contribution in [0.5, 0.6) is 11.5 Å². The van der Waals surface area contributed by atoms with Gasteiger partial charge in [-0.3, -0.25) is 0 Å². The summed E-state index contributed by atoms with van der Waals surface area (Å²) in [6.07, 6.45) is 2.03. The lowest BCUT2D eigenvalue weighted by molar-refractivity contribution is 0.0224. The Hall–Kier alpha value is -3.27. The van der Waals surface area contributed by atoms with Gasteiger partial charge in [0.2, 0.25) is 0 Å². The summed E-state index contributed by atoms with van der Waals surface area (Å²) in [4.78, 5) is 15.7. The first kappa shape index (κ1) is 18.7. The zero-order valence-corrected chi connectivity index (χ0v) is 17.4. The van der Waals surface area contributed by atoms with Gasteiger partial charge in [-0.15, -0.1) is 0 Å². The predicted molar refractivity (Wildman–Crippen MR) is 117 cm³/mol. The van der Waals surface area contributed by atoms with Crippen LogP contribution in [0.25, 0.3) is 0 Å². The third-order valence-corrected chi connectivity index (χ3v) is 5.95. The van der Waals surface area contributed by atoms with Crippen LogP contribution >= 0.6 is 0 Å². The quantitative estimate of drug-likeness (QED) is 0.502. The lowest BCUT2D eigenvalue weighted by Gasteiger charge is -2.36. The van der Waals surface area contributed by atoms with E-state index in [1.165, 1.54) is 0 Å². The van der Waals surface area contributed by atoms with Crippen molar-refractivity contribution in [2.75, 3.05) is 18.0 Å². The summed E-state index contributed by atoms with van der Waals surface area (Å²) >= 11 is 0. The summed E-state index contributed by atoms with van der Waals surface area (Å²) in [6, 6.07) is 21.8. The predicted octanol–water partition coefficient (Wildman–Crippen LogP) is 5.88. The summed E-state index contributed by atoms with van der Waals surface area (Å²) < 4.78 is 12.5. The first-order valence-corrected chi connectivity index (χ1v) is 10.7. The molecular formula is C26H25NO3. The minimum atomic E-state index is -0.988. The molecule has 3 aromatic rings. The zero-order chi connectivity index (χ0) is 20.7. The van der Waals surface area contributed by atoms with E-state index >= 15 is 0 Å². The Morgan fingerprint density at radius 1 is 0.767 bits per heavy atom. The molecule has 4 heteroatoms. The van der Waals surface area contributed by atoms with Crippen molar-refractivity contribution in [1.82, 2.24) is 0 Å². The number of anilines is 1. The van der Waals surface area contributed by atoms with Gasteiger partial charge in [0.25, 0.3) is 0 Å². The zero-order valence-electron chi connectivity index (χ0n) is 17.4. The van der Waals surface area contributed by atoms with Gasteiger partial charge in [-0.1, -0.05) is 62.4 Å². The molecule has 2 aliphatic heterocycles. The second-order valence-corrected chi connectivity index (χ2v) is 7.85. The van der Waals surface area contributed by atoms with Crippen molar-refractivity contribution in [3.8, 4) is 11.5 Å². The van der Waals surface area contributed by atoms with E-state index < -0.39 is 5.60 Å². The van der Waals surface area contributed by atoms with Gasteiger partial charge in [-0.05, 0) is 31.0 Å². The fourth-order valence-corrected chi connectivity index (χ4v) is 4.81. The molecule has 0 amide bonds. The highest BCUT2D eigenvalue weighted by molar-refractivity contribution is 6.02. The minimum absolute atomic E-state index is 0.274. The molecule has 3 aromatic carbocycles. The molecule has 0 radical (unpaired) electrons. The number of benzene rings is 3. The molecule has 0 saturated heterocycles. The highest BCUT2D eigenvalue weighted by Gasteiger charge is 2.54. The Labute approximate surface area is 177 Å². The molecular weight excluding hydrogens is 374 g/mol. The Kier molecular flexibility index (Phi) is 4.50. The molecule has 0 atom stereocenters. The van der Waals surface area contributed by atoms with E-state index in [9.17, 15) is 4.79 Å². The monoisotopic (exact) mass is 399 g/mol. The highest BCUT2D eigenvalue weighted by atomic mass is 16.6.